The highest BCUT2D eigenvalue weighted by Gasteiger charge is 2.46. The maximum Gasteiger partial charge on any atom is 0.341 e. The minimum absolute atomic E-state index is 0.0162. The Kier molecular flexibility index (Phi) is 1.89. The fourth-order valence-corrected chi connectivity index (χ4v) is 1.77. The average Bonchev–Trinajstić information content (AvgIpc) is 2.49. The molecule has 0 aromatic carbocycles. The van der Waals surface area contributed by atoms with Crippen molar-refractivity contribution in [2.45, 2.75) is 37.8 Å². The van der Waals surface area contributed by atoms with Gasteiger partial charge in [0.05, 0.1) is 5.57 Å². The molecule has 1 aliphatic carbocycles. The monoisotopic (exact) mass is 184 g/mol. The molecule has 0 radical (unpaired) electrons. The van der Waals surface area contributed by atoms with Crippen LogP contribution in [-0.4, -0.2) is 23.2 Å². The third-order valence-corrected chi connectivity index (χ3v) is 2.53. The van der Waals surface area contributed by atoms with E-state index in [-0.39, 0.29) is 5.57 Å². The van der Waals surface area contributed by atoms with E-state index in [9.17, 15) is 9.90 Å². The van der Waals surface area contributed by atoms with Gasteiger partial charge in [-0.05, 0) is 12.8 Å². The molecule has 1 saturated heterocycles. The molecule has 1 aliphatic heterocycles. The standard InChI is InChI=1S/C9H12O4/c1-6-7(10)12-9(13-8(6)11)4-2-3-5-9/h7,10H,1-5H2. The quantitative estimate of drug-likeness (QED) is 0.445. The Morgan fingerprint density at radius 3 is 2.62 bits per heavy atom. The normalized spacial score (nSPS) is 32.2. The minimum Gasteiger partial charge on any atom is -0.429 e. The van der Waals surface area contributed by atoms with Gasteiger partial charge in [0.2, 0.25) is 5.79 Å². The molecule has 0 aromatic heterocycles. The van der Waals surface area contributed by atoms with Crippen molar-refractivity contribution in [1.29, 1.82) is 0 Å². The lowest BCUT2D eigenvalue weighted by Crippen LogP contribution is -2.46. The van der Waals surface area contributed by atoms with E-state index in [0.29, 0.717) is 12.8 Å². The van der Waals surface area contributed by atoms with Gasteiger partial charge in [-0.15, -0.1) is 0 Å². The van der Waals surface area contributed by atoms with E-state index in [1.54, 1.807) is 0 Å². The molecule has 1 heterocycles. The Morgan fingerprint density at radius 1 is 1.46 bits per heavy atom. The summed E-state index contributed by atoms with van der Waals surface area (Å²) in [4.78, 5) is 11.2. The maximum absolute atomic E-state index is 11.2. The Bertz CT molecular complexity index is 252. The van der Waals surface area contributed by atoms with Crippen molar-refractivity contribution >= 4 is 5.97 Å². The lowest BCUT2D eigenvalue weighted by atomic mass is 10.2. The lowest BCUT2D eigenvalue weighted by molar-refractivity contribution is -0.292. The fourth-order valence-electron chi connectivity index (χ4n) is 1.77. The molecule has 0 amide bonds. The van der Waals surface area contributed by atoms with Crippen LogP contribution in [0.25, 0.3) is 0 Å². The molecule has 4 heteroatoms. The Hall–Kier alpha value is -0.870. The Balaban J connectivity index is 2.17. The van der Waals surface area contributed by atoms with Crippen LogP contribution in [0.1, 0.15) is 25.7 Å². The van der Waals surface area contributed by atoms with Crippen LogP contribution in [0, 0.1) is 0 Å². The van der Waals surface area contributed by atoms with Crippen molar-refractivity contribution in [1.82, 2.24) is 0 Å². The third kappa shape index (κ3) is 1.36. The number of hydrogen-bond acceptors (Lipinski definition) is 4. The molecule has 0 bridgehead atoms. The first-order valence-corrected chi connectivity index (χ1v) is 4.41. The summed E-state index contributed by atoms with van der Waals surface area (Å²) < 4.78 is 10.3. The molecule has 1 N–H and O–H groups in total. The van der Waals surface area contributed by atoms with E-state index in [2.05, 4.69) is 6.58 Å². The van der Waals surface area contributed by atoms with Crippen LogP contribution < -0.4 is 0 Å². The first-order chi connectivity index (χ1) is 6.13. The molecule has 4 nitrogen and oxygen atoms in total. The van der Waals surface area contributed by atoms with Crippen LogP contribution in [0.5, 0.6) is 0 Å². The summed E-state index contributed by atoms with van der Waals surface area (Å²) in [6.45, 7) is 3.38. The lowest BCUT2D eigenvalue weighted by Gasteiger charge is -2.36. The summed E-state index contributed by atoms with van der Waals surface area (Å²) in [5.74, 6) is -1.40. The molecule has 0 aromatic rings. The Labute approximate surface area is 76.1 Å². The fraction of sp³-hybridized carbons (Fsp3) is 0.667. The number of ether oxygens (including phenoxy) is 2. The number of carbonyl (C=O) groups excluding carboxylic acids is 1. The highest BCUT2D eigenvalue weighted by atomic mass is 16.8. The van der Waals surface area contributed by atoms with Gasteiger partial charge in [0.15, 0.2) is 6.29 Å². The van der Waals surface area contributed by atoms with Gasteiger partial charge in [-0.2, -0.15) is 0 Å². The van der Waals surface area contributed by atoms with Gasteiger partial charge >= 0.3 is 5.97 Å². The van der Waals surface area contributed by atoms with Gasteiger partial charge in [0, 0.05) is 12.8 Å². The number of aliphatic hydroxyl groups excluding tert-OH is 1. The predicted molar refractivity (Wildman–Crippen MR) is 43.5 cm³/mol. The van der Waals surface area contributed by atoms with Crippen LogP contribution in [-0.2, 0) is 14.3 Å². The number of carbonyl (C=O) groups is 1. The van der Waals surface area contributed by atoms with Gasteiger partial charge in [0.25, 0.3) is 0 Å². The van der Waals surface area contributed by atoms with E-state index in [1.807, 2.05) is 0 Å². The van der Waals surface area contributed by atoms with E-state index in [0.717, 1.165) is 12.8 Å². The van der Waals surface area contributed by atoms with Crippen LogP contribution >= 0.6 is 0 Å². The van der Waals surface area contributed by atoms with Crippen molar-refractivity contribution in [2.75, 3.05) is 0 Å². The summed E-state index contributed by atoms with van der Waals surface area (Å²) in [5, 5.41) is 9.35. The molecule has 72 valence electrons. The molecule has 2 fully saturated rings. The molecule has 2 rings (SSSR count). The Morgan fingerprint density at radius 2 is 2.08 bits per heavy atom. The number of aliphatic hydroxyl groups is 1. The number of rotatable bonds is 0. The van der Waals surface area contributed by atoms with Gasteiger partial charge in [-0.25, -0.2) is 4.79 Å². The van der Waals surface area contributed by atoms with Gasteiger partial charge in [-0.3, -0.25) is 0 Å². The van der Waals surface area contributed by atoms with Crippen LogP contribution in [0.15, 0.2) is 12.2 Å². The van der Waals surface area contributed by atoms with E-state index < -0.39 is 18.0 Å². The van der Waals surface area contributed by atoms with Crippen molar-refractivity contribution in [3.05, 3.63) is 12.2 Å². The molecular weight excluding hydrogens is 172 g/mol. The van der Waals surface area contributed by atoms with Gasteiger partial charge in [-0.1, -0.05) is 6.58 Å². The van der Waals surface area contributed by atoms with Gasteiger partial charge in [0.1, 0.15) is 0 Å². The zero-order valence-corrected chi connectivity index (χ0v) is 7.28. The molecule has 1 saturated carbocycles. The topological polar surface area (TPSA) is 55.8 Å². The van der Waals surface area contributed by atoms with Crippen LogP contribution in [0.4, 0.5) is 0 Å². The zero-order valence-electron chi connectivity index (χ0n) is 7.28. The first kappa shape index (κ1) is 8.72. The summed E-state index contributed by atoms with van der Waals surface area (Å²) >= 11 is 0. The highest BCUT2D eigenvalue weighted by Crippen LogP contribution is 2.39. The van der Waals surface area contributed by atoms with Crippen LogP contribution in [0.3, 0.4) is 0 Å². The first-order valence-electron chi connectivity index (χ1n) is 4.41. The average molecular weight is 184 g/mol. The molecule has 1 spiro atoms. The SMILES string of the molecule is C=C1C(=O)OC2(CCCC2)OC1O. The molecule has 1 unspecified atom stereocenters. The van der Waals surface area contributed by atoms with E-state index in [4.69, 9.17) is 9.47 Å². The smallest absolute Gasteiger partial charge is 0.341 e. The molecule has 1 atom stereocenters. The summed E-state index contributed by atoms with van der Waals surface area (Å²) in [6.07, 6.45) is 2.07. The summed E-state index contributed by atoms with van der Waals surface area (Å²) in [6, 6.07) is 0. The third-order valence-electron chi connectivity index (χ3n) is 2.53. The second-order valence-corrected chi connectivity index (χ2v) is 3.50. The molecule has 2 aliphatic rings. The van der Waals surface area contributed by atoms with Gasteiger partial charge < -0.3 is 14.6 Å². The van der Waals surface area contributed by atoms with Crippen molar-refractivity contribution in [3.8, 4) is 0 Å². The largest absolute Gasteiger partial charge is 0.429 e. The summed E-state index contributed by atoms with van der Waals surface area (Å²) in [5.41, 5.74) is -0.0162. The minimum atomic E-state index is -1.20. The number of hydrogen-bond donors (Lipinski definition) is 1. The van der Waals surface area contributed by atoms with Crippen molar-refractivity contribution in [2.24, 2.45) is 0 Å². The molecular formula is C9H12O4. The maximum atomic E-state index is 11.2. The van der Waals surface area contributed by atoms with Crippen molar-refractivity contribution in [3.63, 3.8) is 0 Å². The predicted octanol–water partition coefficient (Wildman–Crippen LogP) is 0.705. The number of esters is 1. The summed E-state index contributed by atoms with van der Waals surface area (Å²) in [7, 11) is 0. The zero-order chi connectivity index (χ0) is 9.47. The highest BCUT2D eigenvalue weighted by molar-refractivity contribution is 5.89. The second-order valence-electron chi connectivity index (χ2n) is 3.50. The van der Waals surface area contributed by atoms with Crippen molar-refractivity contribution < 1.29 is 19.4 Å². The second kappa shape index (κ2) is 2.82. The molecule has 13 heavy (non-hydrogen) atoms. The van der Waals surface area contributed by atoms with E-state index >= 15 is 0 Å². The van der Waals surface area contributed by atoms with Crippen LogP contribution in [0.2, 0.25) is 0 Å². The van der Waals surface area contributed by atoms with E-state index in [1.165, 1.54) is 0 Å².